The van der Waals surface area contributed by atoms with E-state index in [1.807, 2.05) is 62.0 Å². The fourth-order valence-corrected chi connectivity index (χ4v) is 6.99. The largest absolute Gasteiger partial charge is 0.489 e. The molecule has 36 heavy (non-hydrogen) atoms. The molecule has 1 aliphatic carbocycles. The first-order valence-corrected chi connectivity index (χ1v) is 15.0. The lowest BCUT2D eigenvalue weighted by atomic mass is 9.77. The maximum atomic E-state index is 13.3. The Morgan fingerprint density at radius 1 is 1.00 bits per heavy atom. The van der Waals surface area contributed by atoms with Crippen molar-refractivity contribution in [3.63, 3.8) is 0 Å². The number of hydrogen-bond donors (Lipinski definition) is 2. The Morgan fingerprint density at radius 2 is 1.86 bits per heavy atom. The number of nitrogens with one attached hydrogen (secondary N) is 2. The molecule has 7 heteroatoms. The Morgan fingerprint density at radius 3 is 2.64 bits per heavy atom. The molecule has 2 N–H and O–H groups in total. The van der Waals surface area contributed by atoms with Crippen molar-refractivity contribution in [1.82, 2.24) is 0 Å². The molecule has 0 unspecified atom stereocenters. The van der Waals surface area contributed by atoms with Gasteiger partial charge in [-0.2, -0.15) is 11.8 Å². The highest BCUT2D eigenvalue weighted by Gasteiger charge is 2.38. The summed E-state index contributed by atoms with van der Waals surface area (Å²) in [6, 6.07) is 19.6. The molecule has 0 saturated carbocycles. The number of ether oxygens (including phenoxy) is 1. The molecule has 0 radical (unpaired) electrons. The van der Waals surface area contributed by atoms with Crippen molar-refractivity contribution in [2.24, 2.45) is 5.92 Å². The number of sulfonamides is 1. The standard InChI is InChI=1S/C29H30N2O3S2/c1-18-9-10-21(13-19(18)2)31-36(32,33)24-11-12-28-27(15-24)25-7-4-8-26(25)29(30-28)20-5-3-6-22(14-20)34-23-16-35-17-23/h3-7,9-15,23,25-26,29-31H,8,16-17H2,1-2H3/t25-,26+,29+/m0/s1. The summed E-state index contributed by atoms with van der Waals surface area (Å²) < 4.78 is 35.4. The normalized spacial score (nSPS) is 22.8. The van der Waals surface area contributed by atoms with Gasteiger partial charge in [-0.05, 0) is 90.9 Å². The van der Waals surface area contributed by atoms with E-state index in [0.717, 1.165) is 46.1 Å². The van der Waals surface area contributed by atoms with Crippen molar-refractivity contribution in [1.29, 1.82) is 0 Å². The van der Waals surface area contributed by atoms with E-state index in [4.69, 9.17) is 4.74 Å². The average molecular weight is 519 g/mol. The fourth-order valence-electron chi connectivity index (χ4n) is 5.34. The van der Waals surface area contributed by atoms with Crippen LogP contribution >= 0.6 is 11.8 Å². The minimum Gasteiger partial charge on any atom is -0.489 e. The molecule has 6 rings (SSSR count). The number of thioether (sulfide) groups is 1. The van der Waals surface area contributed by atoms with E-state index in [1.54, 1.807) is 6.07 Å². The SMILES string of the molecule is Cc1ccc(NS(=O)(=O)c2ccc3c(c2)[C@H]2C=CC[C@H]2[C@@H](c2cccc(OC4CSC4)c2)N3)cc1C. The van der Waals surface area contributed by atoms with Gasteiger partial charge in [-0.3, -0.25) is 4.72 Å². The summed E-state index contributed by atoms with van der Waals surface area (Å²) in [5, 5.41) is 3.72. The highest BCUT2D eigenvalue weighted by atomic mass is 32.2. The van der Waals surface area contributed by atoms with Crippen molar-refractivity contribution in [3.05, 3.63) is 95.1 Å². The van der Waals surface area contributed by atoms with Crippen LogP contribution in [0.25, 0.3) is 0 Å². The quantitative estimate of drug-likeness (QED) is 0.368. The minimum atomic E-state index is -3.71. The number of anilines is 2. The summed E-state index contributed by atoms with van der Waals surface area (Å²) in [6.45, 7) is 3.99. The van der Waals surface area contributed by atoms with Gasteiger partial charge >= 0.3 is 0 Å². The molecule has 5 nitrogen and oxygen atoms in total. The maximum Gasteiger partial charge on any atom is 0.261 e. The molecule has 1 fully saturated rings. The molecular formula is C29H30N2O3S2. The van der Waals surface area contributed by atoms with Gasteiger partial charge in [0.25, 0.3) is 10.0 Å². The molecule has 2 heterocycles. The van der Waals surface area contributed by atoms with Crippen LogP contribution in [0.5, 0.6) is 5.75 Å². The Balaban J connectivity index is 1.28. The summed E-state index contributed by atoms with van der Waals surface area (Å²) >= 11 is 1.91. The molecule has 3 aliphatic rings. The third-order valence-electron chi connectivity index (χ3n) is 7.53. The van der Waals surface area contributed by atoms with Gasteiger partial charge in [0.15, 0.2) is 0 Å². The molecule has 3 aromatic carbocycles. The zero-order valence-electron chi connectivity index (χ0n) is 20.4. The highest BCUT2D eigenvalue weighted by Crippen LogP contribution is 2.50. The number of aryl methyl sites for hydroxylation is 2. The first kappa shape index (κ1) is 23.5. The molecular weight excluding hydrogens is 488 g/mol. The van der Waals surface area contributed by atoms with E-state index >= 15 is 0 Å². The van der Waals surface area contributed by atoms with Crippen molar-refractivity contribution in [2.75, 3.05) is 21.5 Å². The van der Waals surface area contributed by atoms with E-state index < -0.39 is 10.0 Å². The van der Waals surface area contributed by atoms with E-state index in [-0.39, 0.29) is 16.9 Å². The van der Waals surface area contributed by atoms with Gasteiger partial charge < -0.3 is 10.1 Å². The average Bonchev–Trinajstić information content (AvgIpc) is 3.33. The van der Waals surface area contributed by atoms with Gasteiger partial charge in [0, 0.05) is 28.8 Å². The number of rotatable bonds is 6. The Hall–Kier alpha value is -2.90. The number of fused-ring (bicyclic) bond motifs is 3. The third-order valence-corrected chi connectivity index (χ3v) is 10.1. The van der Waals surface area contributed by atoms with Crippen LogP contribution in [0.15, 0.2) is 77.7 Å². The predicted octanol–water partition coefficient (Wildman–Crippen LogP) is 6.42. The Labute approximate surface area is 217 Å². The second-order valence-electron chi connectivity index (χ2n) is 9.98. The van der Waals surface area contributed by atoms with Gasteiger partial charge in [0.2, 0.25) is 0 Å². The van der Waals surface area contributed by atoms with Crippen LogP contribution in [0.2, 0.25) is 0 Å². The molecule has 186 valence electrons. The predicted molar refractivity (Wildman–Crippen MR) is 148 cm³/mol. The van der Waals surface area contributed by atoms with Crippen molar-refractivity contribution >= 4 is 33.2 Å². The van der Waals surface area contributed by atoms with Gasteiger partial charge in [-0.25, -0.2) is 8.42 Å². The molecule has 0 spiro atoms. The molecule has 2 aliphatic heterocycles. The molecule has 1 saturated heterocycles. The van der Waals surface area contributed by atoms with Crippen LogP contribution in [-0.2, 0) is 10.0 Å². The molecule has 3 atom stereocenters. The molecule has 0 bridgehead atoms. The Kier molecular flexibility index (Phi) is 6.00. The van der Waals surface area contributed by atoms with E-state index in [2.05, 4.69) is 40.4 Å². The first-order valence-electron chi connectivity index (χ1n) is 12.4. The summed E-state index contributed by atoms with van der Waals surface area (Å²) in [6.07, 6.45) is 5.71. The van der Waals surface area contributed by atoms with Crippen LogP contribution in [-0.4, -0.2) is 26.0 Å². The molecule has 0 amide bonds. The lowest BCUT2D eigenvalue weighted by molar-refractivity contribution is 0.240. The summed E-state index contributed by atoms with van der Waals surface area (Å²) in [7, 11) is -3.71. The fraction of sp³-hybridized carbons (Fsp3) is 0.310. The summed E-state index contributed by atoms with van der Waals surface area (Å²) in [5.74, 6) is 3.51. The summed E-state index contributed by atoms with van der Waals surface area (Å²) in [4.78, 5) is 0.285. The van der Waals surface area contributed by atoms with E-state index in [1.165, 1.54) is 5.56 Å². The van der Waals surface area contributed by atoms with E-state index in [0.29, 0.717) is 17.7 Å². The van der Waals surface area contributed by atoms with Gasteiger partial charge in [-0.15, -0.1) is 0 Å². The summed E-state index contributed by atoms with van der Waals surface area (Å²) in [5.41, 5.74) is 5.99. The zero-order valence-corrected chi connectivity index (χ0v) is 22.0. The van der Waals surface area contributed by atoms with E-state index in [9.17, 15) is 8.42 Å². The van der Waals surface area contributed by atoms with Crippen LogP contribution in [0.3, 0.4) is 0 Å². The number of benzene rings is 3. The van der Waals surface area contributed by atoms with Gasteiger partial charge in [0.1, 0.15) is 11.9 Å². The Bertz CT molecular complexity index is 1450. The van der Waals surface area contributed by atoms with Crippen molar-refractivity contribution < 1.29 is 13.2 Å². The minimum absolute atomic E-state index is 0.132. The van der Waals surface area contributed by atoms with Gasteiger partial charge in [0.05, 0.1) is 10.9 Å². The smallest absolute Gasteiger partial charge is 0.261 e. The highest BCUT2D eigenvalue weighted by molar-refractivity contribution is 8.00. The number of hydrogen-bond acceptors (Lipinski definition) is 5. The molecule has 0 aromatic heterocycles. The van der Waals surface area contributed by atoms with Crippen molar-refractivity contribution in [3.8, 4) is 5.75 Å². The second-order valence-corrected chi connectivity index (χ2v) is 12.7. The second kappa shape index (κ2) is 9.20. The lowest BCUT2D eigenvalue weighted by Crippen LogP contribution is -2.31. The van der Waals surface area contributed by atoms with Crippen LogP contribution in [0, 0.1) is 19.8 Å². The lowest BCUT2D eigenvalue weighted by Gasteiger charge is -2.38. The maximum absolute atomic E-state index is 13.3. The van der Waals surface area contributed by atoms with Crippen LogP contribution in [0.1, 0.15) is 40.6 Å². The number of allylic oxidation sites excluding steroid dienone is 2. The van der Waals surface area contributed by atoms with Crippen molar-refractivity contribution in [2.45, 2.75) is 43.2 Å². The monoisotopic (exact) mass is 518 g/mol. The molecule has 3 aromatic rings. The van der Waals surface area contributed by atoms with Crippen LogP contribution in [0.4, 0.5) is 11.4 Å². The van der Waals surface area contributed by atoms with Gasteiger partial charge in [-0.1, -0.05) is 30.4 Å². The third kappa shape index (κ3) is 4.39. The van der Waals surface area contributed by atoms with Crippen LogP contribution < -0.4 is 14.8 Å². The first-order chi connectivity index (χ1) is 17.4. The topological polar surface area (TPSA) is 67.4 Å². The zero-order chi connectivity index (χ0) is 24.9.